The van der Waals surface area contributed by atoms with Crippen molar-refractivity contribution in [1.29, 1.82) is 0 Å². The van der Waals surface area contributed by atoms with Crippen LogP contribution in [0.15, 0.2) is 42.5 Å². The molecule has 0 unspecified atom stereocenters. The molecule has 138 valence electrons. The Kier molecular flexibility index (Phi) is 4.74. The summed E-state index contributed by atoms with van der Waals surface area (Å²) in [5.74, 6) is -7.53. The summed E-state index contributed by atoms with van der Waals surface area (Å²) in [4.78, 5) is 11.4. The summed E-state index contributed by atoms with van der Waals surface area (Å²) >= 11 is 0. The van der Waals surface area contributed by atoms with Crippen LogP contribution in [0.3, 0.4) is 0 Å². The second-order valence-electron chi connectivity index (χ2n) is 6.14. The van der Waals surface area contributed by atoms with Crippen LogP contribution in [-0.4, -0.2) is 11.1 Å². The first-order valence-corrected chi connectivity index (χ1v) is 8.00. The largest absolute Gasteiger partial charge is 0.478 e. The van der Waals surface area contributed by atoms with E-state index in [9.17, 15) is 27.5 Å². The van der Waals surface area contributed by atoms with Gasteiger partial charge < -0.3 is 5.11 Å². The van der Waals surface area contributed by atoms with Gasteiger partial charge in [0.1, 0.15) is 0 Å². The number of rotatable bonds is 3. The molecule has 6 heteroatoms. The zero-order chi connectivity index (χ0) is 19.9. The van der Waals surface area contributed by atoms with E-state index in [2.05, 4.69) is 0 Å². The molecule has 0 spiro atoms. The second-order valence-corrected chi connectivity index (χ2v) is 6.14. The van der Waals surface area contributed by atoms with Crippen LogP contribution in [0.1, 0.15) is 21.5 Å². The minimum Gasteiger partial charge on any atom is -0.478 e. The van der Waals surface area contributed by atoms with Crippen LogP contribution in [-0.2, 0) is 0 Å². The van der Waals surface area contributed by atoms with Gasteiger partial charge in [0.05, 0.1) is 16.7 Å². The monoisotopic (exact) mass is 374 g/mol. The first-order chi connectivity index (χ1) is 12.7. The molecule has 0 fully saturated rings. The smallest absolute Gasteiger partial charge is 0.335 e. The number of benzene rings is 3. The summed E-state index contributed by atoms with van der Waals surface area (Å²) in [7, 11) is 0. The van der Waals surface area contributed by atoms with Gasteiger partial charge in [-0.25, -0.2) is 22.4 Å². The lowest BCUT2D eigenvalue weighted by molar-refractivity contribution is 0.0696. The summed E-state index contributed by atoms with van der Waals surface area (Å²) < 4.78 is 58.7. The van der Waals surface area contributed by atoms with Crippen LogP contribution >= 0.6 is 0 Å². The minimum atomic E-state index is -1.58. The molecule has 0 aliphatic rings. The average Bonchev–Trinajstić information content (AvgIpc) is 2.64. The quantitative estimate of drug-likeness (QED) is 0.458. The summed E-state index contributed by atoms with van der Waals surface area (Å²) in [5.41, 5.74) is -1.37. The fourth-order valence-corrected chi connectivity index (χ4v) is 2.97. The van der Waals surface area contributed by atoms with Crippen molar-refractivity contribution < 1.29 is 27.5 Å². The van der Waals surface area contributed by atoms with Gasteiger partial charge in [0.2, 0.25) is 0 Å². The number of carboxylic acids is 1. The van der Waals surface area contributed by atoms with Crippen molar-refractivity contribution in [2.45, 2.75) is 13.8 Å². The van der Waals surface area contributed by atoms with Gasteiger partial charge in [0.25, 0.3) is 0 Å². The molecule has 1 N–H and O–H groups in total. The molecule has 0 radical (unpaired) electrons. The van der Waals surface area contributed by atoms with E-state index in [4.69, 9.17) is 0 Å². The lowest BCUT2D eigenvalue weighted by atomic mass is 9.93. The molecule has 3 aromatic rings. The molecule has 0 aromatic heterocycles. The molecule has 27 heavy (non-hydrogen) atoms. The van der Waals surface area contributed by atoms with Crippen molar-refractivity contribution in [3.05, 3.63) is 82.4 Å². The Balaban J connectivity index is 2.33. The van der Waals surface area contributed by atoms with E-state index in [1.54, 1.807) is 13.0 Å². The number of halogens is 4. The van der Waals surface area contributed by atoms with Crippen molar-refractivity contribution in [3.63, 3.8) is 0 Å². The van der Waals surface area contributed by atoms with E-state index in [1.165, 1.54) is 37.3 Å². The normalized spacial score (nSPS) is 10.9. The van der Waals surface area contributed by atoms with Gasteiger partial charge in [-0.3, -0.25) is 0 Å². The lowest BCUT2D eigenvalue weighted by Gasteiger charge is -2.14. The molecule has 0 aliphatic heterocycles. The van der Waals surface area contributed by atoms with Gasteiger partial charge in [-0.05, 0) is 42.2 Å². The minimum absolute atomic E-state index is 0.0110. The van der Waals surface area contributed by atoms with Gasteiger partial charge in [-0.2, -0.15) is 0 Å². The van der Waals surface area contributed by atoms with Crippen molar-refractivity contribution in [3.8, 4) is 22.3 Å². The molecular formula is C21H14F4O2. The molecule has 0 saturated heterocycles. The number of hydrogen-bond donors (Lipinski definition) is 1. The second kappa shape index (κ2) is 6.87. The number of aryl methyl sites for hydroxylation is 1. The Bertz CT molecular complexity index is 1030. The summed E-state index contributed by atoms with van der Waals surface area (Å²) in [5, 5.41) is 9.27. The number of carbonyl (C=O) groups is 1. The zero-order valence-electron chi connectivity index (χ0n) is 14.4. The highest BCUT2D eigenvalue weighted by atomic mass is 19.2. The maximum Gasteiger partial charge on any atom is 0.335 e. The summed E-state index contributed by atoms with van der Waals surface area (Å²) in [6.07, 6.45) is 0. The third-order valence-corrected chi connectivity index (χ3v) is 4.51. The predicted octanol–water partition coefficient (Wildman–Crippen LogP) is 5.89. The Hall–Kier alpha value is -3.15. The maximum absolute atomic E-state index is 14.7. The third kappa shape index (κ3) is 3.07. The highest BCUT2D eigenvalue weighted by Crippen LogP contribution is 2.37. The van der Waals surface area contributed by atoms with E-state index in [-0.39, 0.29) is 16.7 Å². The van der Waals surface area contributed by atoms with Gasteiger partial charge in [-0.15, -0.1) is 0 Å². The van der Waals surface area contributed by atoms with Gasteiger partial charge in [0.15, 0.2) is 23.3 Å². The zero-order valence-corrected chi connectivity index (χ0v) is 14.4. The third-order valence-electron chi connectivity index (χ3n) is 4.51. The van der Waals surface area contributed by atoms with E-state index < -0.39 is 40.4 Å². The molecule has 0 atom stereocenters. The van der Waals surface area contributed by atoms with Crippen molar-refractivity contribution in [1.82, 2.24) is 0 Å². The Labute approximate surface area is 152 Å². The Morgan fingerprint density at radius 2 is 1.26 bits per heavy atom. The number of hydrogen-bond acceptors (Lipinski definition) is 1. The van der Waals surface area contributed by atoms with E-state index in [0.717, 1.165) is 6.07 Å². The molecule has 0 aliphatic carbocycles. The molecule has 0 heterocycles. The molecule has 2 nitrogen and oxygen atoms in total. The Morgan fingerprint density at radius 1 is 0.778 bits per heavy atom. The highest BCUT2D eigenvalue weighted by molar-refractivity contribution is 5.92. The fraction of sp³-hybridized carbons (Fsp3) is 0.0952. The van der Waals surface area contributed by atoms with Crippen LogP contribution in [0.5, 0.6) is 0 Å². The number of carboxylic acid groups (broad SMARTS) is 1. The molecule has 3 aromatic carbocycles. The van der Waals surface area contributed by atoms with Gasteiger partial charge >= 0.3 is 5.97 Å². The van der Waals surface area contributed by atoms with Crippen molar-refractivity contribution >= 4 is 5.97 Å². The molecule has 0 saturated carbocycles. The predicted molar refractivity (Wildman–Crippen MR) is 93.6 cm³/mol. The summed E-state index contributed by atoms with van der Waals surface area (Å²) in [6.45, 7) is 3.08. The van der Waals surface area contributed by atoms with E-state index in [0.29, 0.717) is 11.1 Å². The van der Waals surface area contributed by atoms with E-state index in [1.807, 2.05) is 0 Å². The van der Waals surface area contributed by atoms with Crippen LogP contribution in [0.2, 0.25) is 0 Å². The molecule has 3 rings (SSSR count). The van der Waals surface area contributed by atoms with Crippen LogP contribution in [0.4, 0.5) is 17.6 Å². The first-order valence-electron chi connectivity index (χ1n) is 8.00. The van der Waals surface area contributed by atoms with Crippen molar-refractivity contribution in [2.24, 2.45) is 0 Å². The van der Waals surface area contributed by atoms with Crippen LogP contribution in [0, 0.1) is 37.1 Å². The van der Waals surface area contributed by atoms with Crippen molar-refractivity contribution in [2.75, 3.05) is 0 Å². The van der Waals surface area contributed by atoms with Crippen LogP contribution < -0.4 is 0 Å². The first kappa shape index (κ1) is 18.6. The molecule has 0 amide bonds. The summed E-state index contributed by atoms with van der Waals surface area (Å²) in [6, 6.07) is 9.54. The fourth-order valence-electron chi connectivity index (χ4n) is 2.97. The SMILES string of the molecule is Cc1cc(-c2c(F)c(F)c(-c3ccccc3)c(F)c2F)cc(C(=O)O)c1C. The lowest BCUT2D eigenvalue weighted by Crippen LogP contribution is -2.06. The standard InChI is InChI=1S/C21H14F4O2/c1-10-8-13(9-14(11(10)2)21(26)27)16-19(24)17(22)15(18(23)20(16)25)12-6-4-3-5-7-12/h3-9H,1-2H3,(H,26,27). The molecular weight excluding hydrogens is 360 g/mol. The van der Waals surface area contributed by atoms with Gasteiger partial charge in [0, 0.05) is 0 Å². The van der Waals surface area contributed by atoms with E-state index >= 15 is 0 Å². The van der Waals surface area contributed by atoms with Gasteiger partial charge in [-0.1, -0.05) is 36.4 Å². The maximum atomic E-state index is 14.7. The highest BCUT2D eigenvalue weighted by Gasteiger charge is 2.28. The molecule has 0 bridgehead atoms. The number of aromatic carboxylic acids is 1. The Morgan fingerprint density at radius 3 is 1.74 bits per heavy atom. The average molecular weight is 374 g/mol. The topological polar surface area (TPSA) is 37.3 Å². The van der Waals surface area contributed by atoms with Crippen LogP contribution in [0.25, 0.3) is 22.3 Å².